The van der Waals surface area contributed by atoms with Crippen LogP contribution in [0.3, 0.4) is 0 Å². The Balaban J connectivity index is 2.18. The van der Waals surface area contributed by atoms with Gasteiger partial charge >= 0.3 is 0 Å². The van der Waals surface area contributed by atoms with E-state index < -0.39 is 0 Å². The Morgan fingerprint density at radius 1 is 1.38 bits per heavy atom. The maximum Gasteiger partial charge on any atom is 0.0748 e. The van der Waals surface area contributed by atoms with E-state index in [9.17, 15) is 0 Å². The third-order valence-corrected chi connectivity index (χ3v) is 3.53. The van der Waals surface area contributed by atoms with Crippen LogP contribution in [0.4, 0.5) is 11.4 Å². The summed E-state index contributed by atoms with van der Waals surface area (Å²) >= 11 is 11.8. The van der Waals surface area contributed by atoms with Crippen LogP contribution in [-0.4, -0.2) is 18.8 Å². The van der Waals surface area contributed by atoms with Crippen LogP contribution < -0.4 is 11.1 Å². The molecule has 1 aliphatic heterocycles. The zero-order chi connectivity index (χ0) is 11.7. The first-order valence-corrected chi connectivity index (χ1v) is 5.96. The van der Waals surface area contributed by atoms with Gasteiger partial charge in [0.25, 0.3) is 0 Å². The highest BCUT2D eigenvalue weighted by Crippen LogP contribution is 2.32. The van der Waals surface area contributed by atoms with Crippen molar-refractivity contribution in [2.75, 3.05) is 17.7 Å². The molecular weight excluding hydrogens is 247 g/mol. The zero-order valence-corrected chi connectivity index (χ0v) is 10.5. The van der Waals surface area contributed by atoms with Crippen LogP contribution in [0.1, 0.15) is 13.3 Å². The highest BCUT2D eigenvalue weighted by molar-refractivity contribution is 6.42. The molecule has 1 aliphatic rings. The molecule has 1 aromatic carbocycles. The summed E-state index contributed by atoms with van der Waals surface area (Å²) in [5.41, 5.74) is 7.29. The van der Waals surface area contributed by atoms with Gasteiger partial charge in [-0.2, -0.15) is 0 Å². The Morgan fingerprint density at radius 3 is 2.69 bits per heavy atom. The van der Waals surface area contributed by atoms with E-state index >= 15 is 0 Å². The van der Waals surface area contributed by atoms with Crippen molar-refractivity contribution in [1.82, 2.24) is 0 Å². The molecule has 0 amide bonds. The largest absolute Gasteiger partial charge is 0.397 e. The molecule has 0 aliphatic carbocycles. The van der Waals surface area contributed by atoms with Gasteiger partial charge in [-0.3, -0.25) is 0 Å². The first kappa shape index (κ1) is 11.8. The molecule has 0 radical (unpaired) electrons. The van der Waals surface area contributed by atoms with Crippen molar-refractivity contribution < 1.29 is 4.74 Å². The highest BCUT2D eigenvalue weighted by atomic mass is 35.5. The maximum absolute atomic E-state index is 5.95. The van der Waals surface area contributed by atoms with Gasteiger partial charge in [0.05, 0.1) is 33.6 Å². The molecule has 2 unspecified atom stereocenters. The molecule has 5 heteroatoms. The molecule has 0 spiro atoms. The van der Waals surface area contributed by atoms with E-state index in [1.165, 1.54) is 0 Å². The molecule has 0 aromatic heterocycles. The molecule has 0 bridgehead atoms. The summed E-state index contributed by atoms with van der Waals surface area (Å²) in [5, 5.41) is 4.31. The molecule has 3 N–H and O–H groups in total. The van der Waals surface area contributed by atoms with Gasteiger partial charge in [0.15, 0.2) is 0 Å². The smallest absolute Gasteiger partial charge is 0.0748 e. The van der Waals surface area contributed by atoms with E-state index in [4.69, 9.17) is 33.7 Å². The fourth-order valence-corrected chi connectivity index (χ4v) is 2.14. The summed E-state index contributed by atoms with van der Waals surface area (Å²) in [6.45, 7) is 2.82. The van der Waals surface area contributed by atoms with Crippen molar-refractivity contribution in [1.29, 1.82) is 0 Å². The average molecular weight is 261 g/mol. The predicted molar refractivity (Wildman–Crippen MR) is 68.3 cm³/mol. The molecule has 0 saturated carbocycles. The van der Waals surface area contributed by atoms with Crippen molar-refractivity contribution in [3.8, 4) is 0 Å². The maximum atomic E-state index is 5.95. The van der Waals surface area contributed by atoms with Gasteiger partial charge in [0.1, 0.15) is 0 Å². The number of anilines is 2. The second-order valence-electron chi connectivity index (χ2n) is 3.97. The predicted octanol–water partition coefficient (Wildman–Crippen LogP) is 3.16. The summed E-state index contributed by atoms with van der Waals surface area (Å²) < 4.78 is 5.47. The third kappa shape index (κ3) is 2.37. The number of rotatable bonds is 2. The standard InChI is InChI=1S/C11H14Cl2N2O/c1-6-10(2-3-16-6)15-11-5-8(13)7(12)4-9(11)14/h4-6,10,15H,2-3,14H2,1H3. The van der Waals surface area contributed by atoms with E-state index in [1.54, 1.807) is 12.1 Å². The van der Waals surface area contributed by atoms with Gasteiger partial charge in [-0.15, -0.1) is 0 Å². The Kier molecular flexibility index (Phi) is 3.47. The van der Waals surface area contributed by atoms with Gasteiger partial charge < -0.3 is 15.8 Å². The second kappa shape index (κ2) is 4.70. The van der Waals surface area contributed by atoms with Gasteiger partial charge in [-0.25, -0.2) is 0 Å². The van der Waals surface area contributed by atoms with Crippen LogP contribution in [0, 0.1) is 0 Å². The van der Waals surface area contributed by atoms with Crippen LogP contribution in [0.2, 0.25) is 10.0 Å². The minimum Gasteiger partial charge on any atom is -0.397 e. The number of ether oxygens (including phenoxy) is 1. The summed E-state index contributed by atoms with van der Waals surface area (Å²) in [5.74, 6) is 0. The Morgan fingerprint density at radius 2 is 2.06 bits per heavy atom. The van der Waals surface area contributed by atoms with E-state index in [0.717, 1.165) is 18.7 Å². The molecule has 16 heavy (non-hydrogen) atoms. The van der Waals surface area contributed by atoms with Crippen LogP contribution in [0.15, 0.2) is 12.1 Å². The topological polar surface area (TPSA) is 47.3 Å². The lowest BCUT2D eigenvalue weighted by molar-refractivity contribution is 0.121. The second-order valence-corrected chi connectivity index (χ2v) is 4.78. The molecule has 2 rings (SSSR count). The first-order valence-electron chi connectivity index (χ1n) is 5.20. The van der Waals surface area contributed by atoms with Crippen molar-refractivity contribution >= 4 is 34.6 Å². The number of halogens is 2. The first-order chi connectivity index (χ1) is 7.58. The number of hydrogen-bond acceptors (Lipinski definition) is 3. The number of nitrogens with two attached hydrogens (primary N) is 1. The minimum absolute atomic E-state index is 0.189. The molecule has 88 valence electrons. The Bertz CT molecular complexity index is 398. The lowest BCUT2D eigenvalue weighted by Gasteiger charge is -2.19. The van der Waals surface area contributed by atoms with Crippen molar-refractivity contribution in [2.45, 2.75) is 25.5 Å². The summed E-state index contributed by atoms with van der Waals surface area (Å²) in [7, 11) is 0. The van der Waals surface area contributed by atoms with Gasteiger partial charge in [0, 0.05) is 6.61 Å². The molecular formula is C11H14Cl2N2O. The monoisotopic (exact) mass is 260 g/mol. The number of benzene rings is 1. The summed E-state index contributed by atoms with van der Waals surface area (Å²) in [6.07, 6.45) is 1.16. The zero-order valence-electron chi connectivity index (χ0n) is 8.97. The summed E-state index contributed by atoms with van der Waals surface area (Å²) in [4.78, 5) is 0. The highest BCUT2D eigenvalue weighted by Gasteiger charge is 2.24. The number of nitrogens with one attached hydrogen (secondary N) is 1. The molecule has 1 aromatic rings. The SMILES string of the molecule is CC1OCCC1Nc1cc(Cl)c(Cl)cc1N. The number of hydrogen-bond donors (Lipinski definition) is 2. The van der Waals surface area contributed by atoms with Crippen LogP contribution in [-0.2, 0) is 4.74 Å². The van der Waals surface area contributed by atoms with Crippen LogP contribution >= 0.6 is 23.2 Å². The molecule has 3 nitrogen and oxygen atoms in total. The fraction of sp³-hybridized carbons (Fsp3) is 0.455. The summed E-state index contributed by atoms with van der Waals surface area (Å²) in [6, 6.07) is 3.69. The van der Waals surface area contributed by atoms with E-state index in [-0.39, 0.29) is 12.1 Å². The van der Waals surface area contributed by atoms with E-state index in [1.807, 2.05) is 6.92 Å². The lowest BCUT2D eigenvalue weighted by Crippen LogP contribution is -2.27. The van der Waals surface area contributed by atoms with Crippen molar-refractivity contribution in [3.05, 3.63) is 22.2 Å². The average Bonchev–Trinajstić information content (AvgIpc) is 2.61. The number of nitrogen functional groups attached to an aromatic ring is 1. The van der Waals surface area contributed by atoms with Gasteiger partial charge in [0.2, 0.25) is 0 Å². The minimum atomic E-state index is 0.189. The Labute approximate surface area is 105 Å². The van der Waals surface area contributed by atoms with E-state index in [2.05, 4.69) is 5.32 Å². The van der Waals surface area contributed by atoms with Crippen LogP contribution in [0.25, 0.3) is 0 Å². The third-order valence-electron chi connectivity index (χ3n) is 2.81. The normalized spacial score (nSPS) is 24.7. The quantitative estimate of drug-likeness (QED) is 0.804. The Hall–Kier alpha value is -0.640. The fourth-order valence-electron chi connectivity index (χ4n) is 1.81. The van der Waals surface area contributed by atoms with Crippen LogP contribution in [0.5, 0.6) is 0 Å². The molecule has 1 saturated heterocycles. The molecule has 1 fully saturated rings. The molecule has 2 atom stereocenters. The van der Waals surface area contributed by atoms with Gasteiger partial charge in [-0.05, 0) is 25.5 Å². The lowest BCUT2D eigenvalue weighted by atomic mass is 10.1. The van der Waals surface area contributed by atoms with Gasteiger partial charge in [-0.1, -0.05) is 23.2 Å². The van der Waals surface area contributed by atoms with E-state index in [0.29, 0.717) is 15.7 Å². The van der Waals surface area contributed by atoms with Crippen molar-refractivity contribution in [3.63, 3.8) is 0 Å². The van der Waals surface area contributed by atoms with Crippen molar-refractivity contribution in [2.24, 2.45) is 0 Å². The molecule has 1 heterocycles.